The molecule has 0 spiro atoms. The molecule has 2 aromatic heterocycles. The molecule has 38 heteroatoms. The first-order chi connectivity index (χ1) is 48.2. The molecule has 2 amide bonds. The van der Waals surface area contributed by atoms with Gasteiger partial charge in [0.15, 0.2) is 0 Å². The number of carbonyl (C=O) groups is 2. The summed E-state index contributed by atoms with van der Waals surface area (Å²) in [7, 11) is -8.34. The van der Waals surface area contributed by atoms with Gasteiger partial charge in [0.25, 0.3) is 20.2 Å². The van der Waals surface area contributed by atoms with Crippen molar-refractivity contribution in [3.8, 4) is 41.9 Å². The summed E-state index contributed by atoms with van der Waals surface area (Å²) >= 11 is 0. The van der Waals surface area contributed by atoms with Crippen LogP contribution in [0.4, 0.5) is 49.6 Å². The Hall–Kier alpha value is -7.52. The van der Waals surface area contributed by atoms with Gasteiger partial charge in [0.05, 0.1) is 76.0 Å². The predicted octanol–water partition coefficient (Wildman–Crippen LogP) is 1.45. The van der Waals surface area contributed by atoms with Crippen molar-refractivity contribution in [2.24, 2.45) is 0 Å². The molecule has 0 radical (unpaired) electrons. The minimum atomic E-state index is -4.77. The Bertz CT molecular complexity index is 4000. The van der Waals surface area contributed by atoms with Crippen LogP contribution in [0.1, 0.15) is 92.2 Å². The molecule has 4 aliphatic rings. The number of ether oxygens (including phenoxy) is 2. The summed E-state index contributed by atoms with van der Waals surface area (Å²) in [6, 6.07) is 21.6. The van der Waals surface area contributed by atoms with Crippen LogP contribution in [0, 0.1) is 57.7 Å². The van der Waals surface area contributed by atoms with Gasteiger partial charge in [-0.1, -0.05) is 47.9 Å². The van der Waals surface area contributed by atoms with Crippen molar-refractivity contribution >= 4 is 65.4 Å². The van der Waals surface area contributed by atoms with E-state index in [4.69, 9.17) is 29.8 Å². The molecule has 4 aromatic rings. The minimum absolute atomic E-state index is 0. The normalized spacial score (nSPS) is 16.4. The Labute approximate surface area is 619 Å². The van der Waals surface area contributed by atoms with Gasteiger partial charge in [-0.15, -0.1) is 0 Å². The van der Waals surface area contributed by atoms with E-state index in [2.05, 4.69) is 75.9 Å². The Balaban J connectivity index is 0.000000378. The zero-order chi connectivity index (χ0) is 75.1. The zero-order valence-corrected chi connectivity index (χ0v) is 62.1. The molecule has 0 bridgehead atoms. The van der Waals surface area contributed by atoms with Gasteiger partial charge in [0, 0.05) is 84.5 Å². The molecule has 6 heterocycles. The number of benzene rings is 2. The van der Waals surface area contributed by atoms with Gasteiger partial charge in [0.1, 0.15) is 55.2 Å². The summed E-state index contributed by atoms with van der Waals surface area (Å²) in [6.45, 7) is 5.09. The smallest absolute Gasteiger partial charge is 0.748 e. The number of nitrogens with zero attached hydrogens (tertiary/aromatic N) is 12. The number of nitriles is 3. The maximum absolute atomic E-state index is 13.9. The van der Waals surface area contributed by atoms with Crippen LogP contribution >= 0.6 is 0 Å². The minimum Gasteiger partial charge on any atom is -0.748 e. The predicted molar refractivity (Wildman–Crippen MR) is 363 cm³/mol. The molecule has 2 aromatic carbocycles. The topological polar surface area (TPSA) is 383 Å². The monoisotopic (exact) mass is 1510 g/mol. The number of halogens is 6. The van der Waals surface area contributed by atoms with Crippen LogP contribution in [0.25, 0.3) is 0 Å². The van der Waals surface area contributed by atoms with Gasteiger partial charge in [-0.05, 0) is 114 Å². The molecule has 4 fully saturated rings. The van der Waals surface area contributed by atoms with Crippen LogP contribution in [0.2, 0.25) is 0 Å². The van der Waals surface area contributed by atoms with E-state index in [0.717, 1.165) is 17.4 Å². The Morgan fingerprint density at radius 3 is 1.36 bits per heavy atom. The number of carbonyl (C=O) groups excluding carboxylic acids is 2. The number of aromatic nitrogens is 4. The summed E-state index contributed by atoms with van der Waals surface area (Å²) in [5.41, 5.74) is 2.98. The number of hydrogen-bond acceptors (Lipinski definition) is 25. The van der Waals surface area contributed by atoms with E-state index in [-0.39, 0.29) is 121 Å². The summed E-state index contributed by atoms with van der Waals surface area (Å²) < 4.78 is 181. The molecule has 28 nitrogen and oxygen atoms in total. The van der Waals surface area contributed by atoms with E-state index in [1.165, 1.54) is 19.1 Å². The van der Waals surface area contributed by atoms with E-state index in [1.807, 2.05) is 24.3 Å². The number of piperidine rings is 2. The van der Waals surface area contributed by atoms with Crippen molar-refractivity contribution in [2.45, 2.75) is 108 Å². The molecule has 0 saturated carbocycles. The van der Waals surface area contributed by atoms with Gasteiger partial charge in [-0.2, -0.15) is 59.0 Å². The number of hydrogen-bond donors (Lipinski definition) is 4. The number of rotatable bonds is 25. The van der Waals surface area contributed by atoms with Gasteiger partial charge >= 0.3 is 41.9 Å². The first-order valence-electron chi connectivity index (χ1n) is 32.2. The maximum Gasteiger partial charge on any atom is 1.00 e. The third-order valence-electron chi connectivity index (χ3n) is 15.8. The van der Waals surface area contributed by atoms with Crippen LogP contribution in [0.3, 0.4) is 0 Å². The zero-order valence-electron chi connectivity index (χ0n) is 57.7. The second kappa shape index (κ2) is 43.1. The maximum atomic E-state index is 13.9. The molecule has 4 aliphatic heterocycles. The fraction of sp³-hybridized carbons (Fsp3) is 0.554. The SMILES string of the molecule is CC#N.CN(CC#CCOC1CCN(c2cc(N3CCC[C@H]3C(=O)NCCc3ccc(C#N)cc3)nc(C(F)(F)F)n2)CC1)CCS(=O)(=O)O.CNCCS(=O)(=O)[O-].CS(=O)(=O)OCC#CCOC1CCN(c2cc(N3CCC[C@H]3C(=O)NCCc3ccc(C#N)cc3)nc(C(F)(F)F)n2)CC1.[Na+]. The molecular formula is C65H82F6N15NaO13S3. The van der Waals surface area contributed by atoms with Crippen LogP contribution < -0.4 is 65.1 Å². The summed E-state index contributed by atoms with van der Waals surface area (Å²) in [5, 5.41) is 33.5. The fourth-order valence-corrected chi connectivity index (χ4v) is 11.9. The second-order valence-corrected chi connectivity index (χ2v) is 28.2. The first kappa shape index (κ1) is 87.9. The average molecular weight is 1510 g/mol. The molecule has 2 atom stereocenters. The van der Waals surface area contributed by atoms with Crippen molar-refractivity contribution in [2.75, 3.05) is 143 Å². The van der Waals surface area contributed by atoms with Crippen LogP contribution in [-0.4, -0.2) is 219 Å². The van der Waals surface area contributed by atoms with Gasteiger partial charge in [-0.25, -0.2) is 28.4 Å². The number of amides is 2. The summed E-state index contributed by atoms with van der Waals surface area (Å²) in [4.78, 5) is 49.9. The number of nitrogens with one attached hydrogen (secondary N) is 3. The molecule has 556 valence electrons. The molecule has 0 unspecified atom stereocenters. The van der Waals surface area contributed by atoms with Crippen LogP contribution in [0.15, 0.2) is 60.7 Å². The summed E-state index contributed by atoms with van der Waals surface area (Å²) in [5.74, 6) is 7.57. The number of alkyl halides is 6. The Morgan fingerprint density at radius 1 is 0.621 bits per heavy atom. The summed E-state index contributed by atoms with van der Waals surface area (Å²) in [6.07, 6.45) is -3.48. The molecular weight excluding hydrogens is 1430 g/mol. The second-order valence-electron chi connectivity index (χ2n) is 23.5. The van der Waals surface area contributed by atoms with E-state index in [0.29, 0.717) is 134 Å². The Kier molecular flexibility index (Phi) is 36.7. The van der Waals surface area contributed by atoms with Gasteiger partial charge in [-0.3, -0.25) is 23.2 Å². The van der Waals surface area contributed by atoms with Crippen molar-refractivity contribution < 1.29 is 114 Å². The van der Waals surface area contributed by atoms with Crippen molar-refractivity contribution in [3.63, 3.8) is 0 Å². The molecule has 103 heavy (non-hydrogen) atoms. The van der Waals surface area contributed by atoms with E-state index >= 15 is 0 Å². The van der Waals surface area contributed by atoms with E-state index in [1.54, 1.807) is 68.9 Å². The molecule has 4 saturated heterocycles. The van der Waals surface area contributed by atoms with Crippen LogP contribution in [0.5, 0.6) is 0 Å². The molecule has 0 aliphatic carbocycles. The van der Waals surface area contributed by atoms with E-state index in [9.17, 15) is 65.7 Å². The third-order valence-corrected chi connectivity index (χ3v) is 17.7. The quantitative estimate of drug-likeness (QED) is 0.0240. The first-order valence-corrected chi connectivity index (χ1v) is 37.2. The molecule has 4 N–H and O–H groups in total. The van der Waals surface area contributed by atoms with Crippen molar-refractivity contribution in [1.29, 1.82) is 15.8 Å². The van der Waals surface area contributed by atoms with Crippen molar-refractivity contribution in [1.82, 2.24) is 40.8 Å². The average Bonchev–Trinajstić information content (AvgIpc) is 1.79. The number of anilines is 4. The third kappa shape index (κ3) is 32.6. The molecule has 8 rings (SSSR count). The van der Waals surface area contributed by atoms with Crippen molar-refractivity contribution in [3.05, 3.63) is 94.6 Å². The fourth-order valence-electron chi connectivity index (χ4n) is 10.6. The largest absolute Gasteiger partial charge is 1.00 e. The standard InChI is InChI=1S/C31H38F3N7O5S.C29H33F3N6O5S.C3H9NO3S.C2H3N.Na/c1-39(18-20-47(43,44)45)14-2-3-19-46-25-11-16-40(17-12-25)27-21-28(38-30(37-27)31(32,33)34)41-15-4-5-26(41)29(42)36-13-10-23-6-8-24(22-35)9-7-23;1-44(40,41)43-18-3-2-17-42-23-11-15-37(16-12-23)25-19-26(36-28(35-25)29(30,31)32)38-14-4-5-24(38)27(39)34-13-10-21-6-8-22(20-33)9-7-21;1-4-2-3-8(5,6)7;1-2-3;/h6-9,21,25-26H,4-5,10-20H2,1H3,(H,36,42)(H,43,44,45);6-9,19,23-24H,4-5,10-18H2,1H3,(H,34,39);4H,2-3H2,1H3,(H,5,6,7);1H3;/q;;;;+1/p-1/t26-;24-;;;/m00.../s1. The van der Waals surface area contributed by atoms with E-state index < -0.39 is 66.4 Å². The van der Waals surface area contributed by atoms with Crippen LogP contribution in [-0.2, 0) is 78.8 Å². The van der Waals surface area contributed by atoms with Gasteiger partial charge in [0.2, 0.25) is 23.5 Å². The van der Waals surface area contributed by atoms with Gasteiger partial charge < -0.3 is 49.6 Å². The Morgan fingerprint density at radius 2 is 1.01 bits per heavy atom.